The van der Waals surface area contributed by atoms with Crippen LogP contribution < -0.4 is 0 Å². The van der Waals surface area contributed by atoms with Gasteiger partial charge in [0.05, 0.1) is 0 Å². The molecule has 0 bridgehead atoms. The second-order valence-electron chi connectivity index (χ2n) is 7.34. The summed E-state index contributed by atoms with van der Waals surface area (Å²) < 4.78 is 0. The fourth-order valence-corrected chi connectivity index (χ4v) is 3.77. The smallest absolute Gasteiger partial charge is 0.303 e. The van der Waals surface area contributed by atoms with E-state index in [0.717, 1.165) is 38.5 Å². The van der Waals surface area contributed by atoms with Crippen LogP contribution in [0.15, 0.2) is 24.3 Å². The molecule has 1 aliphatic rings. The van der Waals surface area contributed by atoms with E-state index in [1.165, 1.54) is 16.7 Å². The van der Waals surface area contributed by atoms with Gasteiger partial charge in [0.1, 0.15) is 5.78 Å². The lowest BCUT2D eigenvalue weighted by molar-refractivity contribution is -0.137. The van der Waals surface area contributed by atoms with Gasteiger partial charge in [0.2, 0.25) is 0 Å². The Morgan fingerprint density at radius 2 is 1.96 bits per heavy atom. The number of ketones is 1. The number of allylic oxidation sites excluding steroid dienone is 1. The predicted molar refractivity (Wildman–Crippen MR) is 102 cm³/mol. The Kier molecular flexibility index (Phi) is 7.42. The number of aryl methyl sites for hydroxylation is 2. The highest BCUT2D eigenvalue weighted by molar-refractivity contribution is 5.84. The molecule has 25 heavy (non-hydrogen) atoms. The Hall–Kier alpha value is -1.90. The van der Waals surface area contributed by atoms with Crippen molar-refractivity contribution in [3.05, 3.63) is 41.0 Å². The van der Waals surface area contributed by atoms with Gasteiger partial charge in [0.25, 0.3) is 0 Å². The average molecular weight is 342 g/mol. The van der Waals surface area contributed by atoms with Gasteiger partial charge in [-0.2, -0.15) is 0 Å². The molecule has 3 nitrogen and oxygen atoms in total. The van der Waals surface area contributed by atoms with Crippen molar-refractivity contribution in [1.82, 2.24) is 0 Å². The highest BCUT2D eigenvalue weighted by Gasteiger charge is 2.32. The van der Waals surface area contributed by atoms with Crippen LogP contribution in [0.5, 0.6) is 0 Å². The molecule has 1 saturated carbocycles. The Labute approximate surface area is 151 Å². The van der Waals surface area contributed by atoms with Gasteiger partial charge < -0.3 is 5.11 Å². The molecule has 0 aliphatic heterocycles. The summed E-state index contributed by atoms with van der Waals surface area (Å²) in [5, 5.41) is 8.65. The Balaban J connectivity index is 1.84. The maximum atomic E-state index is 12.2. The first-order chi connectivity index (χ1) is 12.0. The molecule has 1 aliphatic carbocycles. The molecule has 0 saturated heterocycles. The van der Waals surface area contributed by atoms with Crippen LogP contribution in [0.3, 0.4) is 0 Å². The molecule has 1 aromatic carbocycles. The lowest BCUT2D eigenvalue weighted by Gasteiger charge is -2.15. The topological polar surface area (TPSA) is 54.4 Å². The maximum Gasteiger partial charge on any atom is 0.303 e. The molecule has 2 atom stereocenters. The van der Waals surface area contributed by atoms with E-state index in [2.05, 4.69) is 44.2 Å². The van der Waals surface area contributed by atoms with Gasteiger partial charge in [-0.05, 0) is 50.2 Å². The van der Waals surface area contributed by atoms with Crippen LogP contribution in [0.2, 0.25) is 0 Å². The summed E-state index contributed by atoms with van der Waals surface area (Å²) in [6, 6.07) is 6.46. The summed E-state index contributed by atoms with van der Waals surface area (Å²) >= 11 is 0. The third kappa shape index (κ3) is 6.15. The molecule has 1 aromatic rings. The van der Waals surface area contributed by atoms with Crippen molar-refractivity contribution in [2.45, 2.75) is 65.2 Å². The highest BCUT2D eigenvalue weighted by Crippen LogP contribution is 2.34. The number of hydrogen-bond acceptors (Lipinski definition) is 2. The van der Waals surface area contributed by atoms with Crippen molar-refractivity contribution < 1.29 is 14.7 Å². The third-order valence-corrected chi connectivity index (χ3v) is 5.26. The minimum atomic E-state index is -0.720. The van der Waals surface area contributed by atoms with E-state index in [-0.39, 0.29) is 12.3 Å². The molecular weight excluding hydrogens is 312 g/mol. The van der Waals surface area contributed by atoms with Crippen molar-refractivity contribution in [2.24, 2.45) is 11.8 Å². The molecule has 0 amide bonds. The van der Waals surface area contributed by atoms with E-state index in [1.807, 2.05) is 0 Å². The van der Waals surface area contributed by atoms with Crippen molar-refractivity contribution >= 4 is 17.8 Å². The zero-order valence-electron chi connectivity index (χ0n) is 15.5. The zero-order valence-corrected chi connectivity index (χ0v) is 15.5. The Morgan fingerprint density at radius 3 is 2.68 bits per heavy atom. The first kappa shape index (κ1) is 19.4. The summed E-state index contributed by atoms with van der Waals surface area (Å²) in [5.74, 6) is 0.192. The van der Waals surface area contributed by atoms with Crippen LogP contribution in [0.25, 0.3) is 6.08 Å². The van der Waals surface area contributed by atoms with E-state index >= 15 is 0 Å². The molecule has 0 heterocycles. The van der Waals surface area contributed by atoms with Crippen molar-refractivity contribution in [3.63, 3.8) is 0 Å². The molecule has 1 fully saturated rings. The number of aliphatic carboxylic acids is 1. The molecule has 0 aromatic heterocycles. The second kappa shape index (κ2) is 9.55. The molecular formula is C22H30O3. The van der Waals surface area contributed by atoms with Gasteiger partial charge in [-0.3, -0.25) is 9.59 Å². The van der Waals surface area contributed by atoms with Crippen molar-refractivity contribution in [3.8, 4) is 0 Å². The SMILES string of the molecule is Cc1ccc(C=CC2CCC(=O)C2CCCCCCC(=O)O)c(C)c1. The summed E-state index contributed by atoms with van der Waals surface area (Å²) in [6.45, 7) is 4.23. The number of carboxylic acids is 1. The van der Waals surface area contributed by atoms with E-state index in [9.17, 15) is 9.59 Å². The largest absolute Gasteiger partial charge is 0.481 e. The minimum Gasteiger partial charge on any atom is -0.481 e. The van der Waals surface area contributed by atoms with E-state index in [4.69, 9.17) is 5.11 Å². The summed E-state index contributed by atoms with van der Waals surface area (Å²) in [7, 11) is 0. The Bertz CT molecular complexity index is 630. The monoisotopic (exact) mass is 342 g/mol. The van der Waals surface area contributed by atoms with Crippen LogP contribution in [-0.4, -0.2) is 16.9 Å². The van der Waals surface area contributed by atoms with Crippen LogP contribution >= 0.6 is 0 Å². The van der Waals surface area contributed by atoms with Gasteiger partial charge in [-0.15, -0.1) is 0 Å². The van der Waals surface area contributed by atoms with Crippen molar-refractivity contribution in [1.29, 1.82) is 0 Å². The molecule has 2 rings (SSSR count). The lowest BCUT2D eigenvalue weighted by Crippen LogP contribution is -2.13. The van der Waals surface area contributed by atoms with Crippen LogP contribution in [-0.2, 0) is 9.59 Å². The fraction of sp³-hybridized carbons (Fsp3) is 0.545. The number of carbonyl (C=O) groups is 2. The Morgan fingerprint density at radius 1 is 1.20 bits per heavy atom. The van der Waals surface area contributed by atoms with Crippen LogP contribution in [0.4, 0.5) is 0 Å². The van der Waals surface area contributed by atoms with Crippen LogP contribution in [0, 0.1) is 25.7 Å². The van der Waals surface area contributed by atoms with E-state index in [0.29, 0.717) is 18.1 Å². The molecule has 1 N–H and O–H groups in total. The van der Waals surface area contributed by atoms with E-state index in [1.54, 1.807) is 0 Å². The lowest BCUT2D eigenvalue weighted by atomic mass is 9.89. The molecule has 0 radical (unpaired) electrons. The fourth-order valence-electron chi connectivity index (χ4n) is 3.77. The quantitative estimate of drug-likeness (QED) is 0.617. The van der Waals surface area contributed by atoms with Crippen LogP contribution in [0.1, 0.15) is 68.1 Å². The molecule has 136 valence electrons. The summed E-state index contributed by atoms with van der Waals surface area (Å²) in [5.41, 5.74) is 3.78. The standard InChI is InChI=1S/C22H30O3/c1-16-9-10-18(17(2)15-16)11-12-19-13-14-21(23)20(19)7-5-3-4-6-8-22(24)25/h9-12,15,19-20H,3-8,13-14H2,1-2H3,(H,24,25). The first-order valence-corrected chi connectivity index (χ1v) is 9.47. The summed E-state index contributed by atoms with van der Waals surface area (Å²) in [6.07, 6.45) is 11.0. The number of unbranched alkanes of at least 4 members (excludes halogenated alkanes) is 3. The number of hydrogen-bond donors (Lipinski definition) is 1. The molecule has 2 unspecified atom stereocenters. The maximum absolute atomic E-state index is 12.2. The summed E-state index contributed by atoms with van der Waals surface area (Å²) in [4.78, 5) is 22.7. The van der Waals surface area contributed by atoms with Gasteiger partial charge >= 0.3 is 5.97 Å². The first-order valence-electron chi connectivity index (χ1n) is 9.47. The van der Waals surface area contributed by atoms with E-state index < -0.39 is 5.97 Å². The van der Waals surface area contributed by atoms with Gasteiger partial charge in [0.15, 0.2) is 0 Å². The number of rotatable bonds is 9. The second-order valence-corrected chi connectivity index (χ2v) is 7.34. The number of benzene rings is 1. The third-order valence-electron chi connectivity index (χ3n) is 5.26. The molecule has 0 spiro atoms. The van der Waals surface area contributed by atoms with Gasteiger partial charge in [-0.1, -0.05) is 55.2 Å². The highest BCUT2D eigenvalue weighted by atomic mass is 16.4. The minimum absolute atomic E-state index is 0.154. The molecule has 3 heteroatoms. The normalized spacial score (nSPS) is 20.5. The predicted octanol–water partition coefficient (Wildman–Crippen LogP) is 5.34. The number of carboxylic acid groups (broad SMARTS) is 1. The van der Waals surface area contributed by atoms with Gasteiger partial charge in [-0.25, -0.2) is 0 Å². The number of Topliss-reactive ketones (excluding diaryl/α,β-unsaturated/α-hetero) is 1. The zero-order chi connectivity index (χ0) is 18.2. The van der Waals surface area contributed by atoms with Gasteiger partial charge in [0, 0.05) is 18.8 Å². The number of carbonyl (C=O) groups excluding carboxylic acids is 1. The van der Waals surface area contributed by atoms with Crippen molar-refractivity contribution in [2.75, 3.05) is 0 Å². The average Bonchev–Trinajstić information content (AvgIpc) is 2.90.